The number of piperidine rings is 1. The lowest BCUT2D eigenvalue weighted by molar-refractivity contribution is 0.0477. The quantitative estimate of drug-likeness (QED) is 0.444. The molecular weight excluding hydrogens is 486 g/mol. The monoisotopic (exact) mass is 523 g/mol. The van der Waals surface area contributed by atoms with Crippen molar-refractivity contribution in [2.24, 2.45) is 5.92 Å². The Morgan fingerprint density at radius 2 is 1.89 bits per heavy atom. The van der Waals surface area contributed by atoms with Gasteiger partial charge in [0.1, 0.15) is 11.7 Å². The molecule has 1 aromatic heterocycles. The topological polar surface area (TPSA) is 144 Å². The first-order valence-electron chi connectivity index (χ1n) is 12.8. The van der Waals surface area contributed by atoms with Gasteiger partial charge >= 0.3 is 6.09 Å². The van der Waals surface area contributed by atoms with E-state index in [1.54, 1.807) is 12.1 Å². The van der Waals surface area contributed by atoms with Gasteiger partial charge in [0.2, 0.25) is 5.82 Å². The number of ether oxygens (including phenoxy) is 1. The molecule has 38 heavy (non-hydrogen) atoms. The first-order chi connectivity index (χ1) is 17.9. The second-order valence-electron chi connectivity index (χ2n) is 10.9. The van der Waals surface area contributed by atoms with E-state index in [-0.39, 0.29) is 41.4 Å². The Morgan fingerprint density at radius 1 is 1.24 bits per heavy atom. The van der Waals surface area contributed by atoms with Crippen molar-refractivity contribution >= 4 is 17.8 Å². The van der Waals surface area contributed by atoms with Crippen LogP contribution in [-0.4, -0.2) is 63.3 Å². The number of hydrazine groups is 1. The Bertz CT molecular complexity index is 1150. The van der Waals surface area contributed by atoms with Crippen molar-refractivity contribution < 1.29 is 19.4 Å². The van der Waals surface area contributed by atoms with Gasteiger partial charge < -0.3 is 15.2 Å². The molecule has 0 aliphatic carbocycles. The molecule has 0 unspecified atom stereocenters. The number of aromatic nitrogens is 2. The van der Waals surface area contributed by atoms with E-state index in [1.807, 2.05) is 52.8 Å². The van der Waals surface area contributed by atoms with Crippen molar-refractivity contribution in [3.05, 3.63) is 47.4 Å². The molecule has 0 saturated carbocycles. The summed E-state index contributed by atoms with van der Waals surface area (Å²) in [6.45, 7) is 12.3. The van der Waals surface area contributed by atoms with Gasteiger partial charge in [0, 0.05) is 37.8 Å². The van der Waals surface area contributed by atoms with E-state index in [1.165, 1.54) is 5.01 Å². The maximum Gasteiger partial charge on any atom is 0.407 e. The molecule has 11 heteroatoms. The second kappa shape index (κ2) is 12.6. The fourth-order valence-corrected chi connectivity index (χ4v) is 4.09. The zero-order valence-corrected chi connectivity index (χ0v) is 22.7. The number of nitrogens with one attached hydrogen (secondary N) is 2. The summed E-state index contributed by atoms with van der Waals surface area (Å²) < 4.78 is 5.35. The largest absolute Gasteiger partial charge is 0.503 e. The van der Waals surface area contributed by atoms with E-state index in [4.69, 9.17) is 10.00 Å². The average molecular weight is 524 g/mol. The van der Waals surface area contributed by atoms with E-state index >= 15 is 0 Å². The van der Waals surface area contributed by atoms with Gasteiger partial charge in [-0.15, -0.1) is 0 Å². The third-order valence-electron chi connectivity index (χ3n) is 5.82. The zero-order chi connectivity index (χ0) is 27.9. The maximum atomic E-state index is 13.0. The van der Waals surface area contributed by atoms with Crippen LogP contribution in [0, 0.1) is 17.2 Å². The van der Waals surface area contributed by atoms with Gasteiger partial charge in [-0.2, -0.15) is 10.2 Å². The Kier molecular flexibility index (Phi) is 9.47. The number of hydrogen-bond acceptors (Lipinski definition) is 9. The highest BCUT2D eigenvalue weighted by Crippen LogP contribution is 2.23. The van der Waals surface area contributed by atoms with E-state index in [0.29, 0.717) is 12.1 Å². The number of nitriles is 1. The molecule has 0 radical (unpaired) electrons. The zero-order valence-electron chi connectivity index (χ0n) is 22.7. The number of benzene rings is 1. The second-order valence-corrected chi connectivity index (χ2v) is 10.9. The Hall–Kier alpha value is -3.91. The smallest absolute Gasteiger partial charge is 0.407 e. The number of rotatable bonds is 8. The summed E-state index contributed by atoms with van der Waals surface area (Å²) in [5, 5.41) is 23.7. The van der Waals surface area contributed by atoms with Crippen molar-refractivity contribution in [3.8, 4) is 11.8 Å². The molecule has 0 atom stereocenters. The number of likely N-dealkylation sites (tertiary alicyclic amines) is 1. The van der Waals surface area contributed by atoms with Crippen LogP contribution >= 0.6 is 0 Å². The third kappa shape index (κ3) is 8.59. The van der Waals surface area contributed by atoms with E-state index in [9.17, 15) is 14.7 Å². The molecule has 1 saturated heterocycles. The lowest BCUT2D eigenvalue weighted by Gasteiger charge is -2.32. The lowest BCUT2D eigenvalue weighted by atomic mass is 10.0. The number of anilines is 1. The summed E-state index contributed by atoms with van der Waals surface area (Å²) in [5.74, 6) is -0.483. The highest BCUT2D eigenvalue weighted by molar-refractivity contribution is 5.95. The third-order valence-corrected chi connectivity index (χ3v) is 5.82. The molecule has 1 aliphatic heterocycles. The maximum absolute atomic E-state index is 13.0. The molecule has 2 amide bonds. The predicted octanol–water partition coefficient (Wildman–Crippen LogP) is 3.35. The van der Waals surface area contributed by atoms with Crippen LogP contribution in [0.4, 0.5) is 10.6 Å². The highest BCUT2D eigenvalue weighted by atomic mass is 16.6. The van der Waals surface area contributed by atoms with Crippen molar-refractivity contribution in [2.45, 2.75) is 65.6 Å². The van der Waals surface area contributed by atoms with Gasteiger partial charge in [0.25, 0.3) is 5.91 Å². The Labute approximate surface area is 223 Å². The van der Waals surface area contributed by atoms with Gasteiger partial charge in [-0.1, -0.05) is 26.0 Å². The van der Waals surface area contributed by atoms with Gasteiger partial charge in [0.05, 0.1) is 6.20 Å². The summed E-state index contributed by atoms with van der Waals surface area (Å²) in [6.07, 6.45) is 2.45. The molecule has 204 valence electrons. The minimum absolute atomic E-state index is 0.0692. The minimum atomic E-state index is -0.515. The Morgan fingerprint density at radius 3 is 2.47 bits per heavy atom. The van der Waals surface area contributed by atoms with Crippen LogP contribution in [0.15, 0.2) is 30.5 Å². The number of aromatic hydroxyl groups is 1. The first kappa shape index (κ1) is 28.7. The van der Waals surface area contributed by atoms with E-state index < -0.39 is 5.60 Å². The van der Waals surface area contributed by atoms with Crippen LogP contribution in [0.25, 0.3) is 0 Å². The summed E-state index contributed by atoms with van der Waals surface area (Å²) in [5.41, 5.74) is 3.80. The molecule has 2 heterocycles. The van der Waals surface area contributed by atoms with Crippen LogP contribution < -0.4 is 15.8 Å². The van der Waals surface area contributed by atoms with Crippen LogP contribution in [0.1, 0.15) is 69.2 Å². The van der Waals surface area contributed by atoms with Gasteiger partial charge in [-0.25, -0.2) is 9.78 Å². The van der Waals surface area contributed by atoms with Crippen molar-refractivity contribution in [1.82, 2.24) is 25.6 Å². The van der Waals surface area contributed by atoms with E-state index in [0.717, 1.165) is 44.2 Å². The molecule has 0 spiro atoms. The van der Waals surface area contributed by atoms with Crippen molar-refractivity contribution in [2.75, 3.05) is 24.6 Å². The molecule has 11 nitrogen and oxygen atoms in total. The minimum Gasteiger partial charge on any atom is -0.503 e. The lowest BCUT2D eigenvalue weighted by Crippen LogP contribution is -2.45. The fourth-order valence-electron chi connectivity index (χ4n) is 4.09. The summed E-state index contributed by atoms with van der Waals surface area (Å²) in [6, 6.07) is 9.30. The van der Waals surface area contributed by atoms with Crippen molar-refractivity contribution in [3.63, 3.8) is 0 Å². The molecule has 0 bridgehead atoms. The standard InChI is InChI=1S/C27H37N7O4/c1-18(2)16-34(24-22(35)15-29-23(14-28)31-24)32-25(36)20-8-6-19(7-9-20)17-33-12-10-21(11-13-33)30-26(37)38-27(3,4)5/h6-9,15,18,21,35H,10-13,16-17H2,1-5H3,(H,30,37)(H,32,36). The number of hydrogen-bond donors (Lipinski definition) is 3. The van der Waals surface area contributed by atoms with Gasteiger partial charge in [0.15, 0.2) is 11.6 Å². The summed E-state index contributed by atoms with van der Waals surface area (Å²) in [7, 11) is 0. The summed E-state index contributed by atoms with van der Waals surface area (Å²) in [4.78, 5) is 35.1. The average Bonchev–Trinajstić information content (AvgIpc) is 2.84. The van der Waals surface area contributed by atoms with Gasteiger partial charge in [-0.3, -0.25) is 20.1 Å². The SMILES string of the molecule is CC(C)CN(NC(=O)c1ccc(CN2CCC(NC(=O)OC(C)(C)C)CC2)cc1)c1nc(C#N)ncc1O. The highest BCUT2D eigenvalue weighted by Gasteiger charge is 2.24. The van der Waals surface area contributed by atoms with Crippen molar-refractivity contribution in [1.29, 1.82) is 5.26 Å². The normalized spacial score (nSPS) is 14.6. The van der Waals surface area contributed by atoms with Crippen LogP contribution in [0.2, 0.25) is 0 Å². The van der Waals surface area contributed by atoms with Crippen LogP contribution in [-0.2, 0) is 11.3 Å². The Balaban J connectivity index is 1.56. The molecule has 1 aliphatic rings. The van der Waals surface area contributed by atoms with E-state index in [2.05, 4.69) is 25.6 Å². The number of amides is 2. The predicted molar refractivity (Wildman–Crippen MR) is 142 cm³/mol. The first-order valence-corrected chi connectivity index (χ1v) is 12.8. The number of carbonyl (C=O) groups excluding carboxylic acids is 2. The molecule has 2 aromatic rings. The molecular formula is C27H37N7O4. The molecule has 3 rings (SSSR count). The van der Waals surface area contributed by atoms with Crippen LogP contribution in [0.3, 0.4) is 0 Å². The number of carbonyl (C=O) groups is 2. The number of alkyl carbamates (subject to hydrolysis) is 1. The van der Waals surface area contributed by atoms with Gasteiger partial charge in [-0.05, 0) is 57.2 Å². The fraction of sp³-hybridized carbons (Fsp3) is 0.519. The molecule has 3 N–H and O–H groups in total. The van der Waals surface area contributed by atoms with Crippen LogP contribution in [0.5, 0.6) is 5.75 Å². The number of nitrogens with zero attached hydrogens (tertiary/aromatic N) is 5. The summed E-state index contributed by atoms with van der Waals surface area (Å²) >= 11 is 0. The molecule has 1 fully saturated rings. The molecule has 1 aromatic carbocycles.